The standard InChI is InChI=1S/C15H18BrN3OS/c1-3-4-12-8-14(20)19-15(18-12)21-13-6-5-11(16)7-10(13)9-17-2/h5-8,17H,3-4,9H2,1-2H3,(H,18,19,20). The Morgan fingerprint density at radius 2 is 2.19 bits per heavy atom. The zero-order valence-corrected chi connectivity index (χ0v) is 14.5. The van der Waals surface area contributed by atoms with E-state index in [1.807, 2.05) is 19.2 Å². The zero-order chi connectivity index (χ0) is 15.2. The number of benzene rings is 1. The van der Waals surface area contributed by atoms with Crippen molar-refractivity contribution in [1.82, 2.24) is 15.3 Å². The van der Waals surface area contributed by atoms with Crippen molar-refractivity contribution in [1.29, 1.82) is 0 Å². The molecule has 0 atom stereocenters. The van der Waals surface area contributed by atoms with E-state index in [0.717, 1.165) is 34.4 Å². The average Bonchev–Trinajstić information content (AvgIpc) is 2.42. The highest BCUT2D eigenvalue weighted by Gasteiger charge is 2.08. The van der Waals surface area contributed by atoms with Gasteiger partial charge >= 0.3 is 0 Å². The van der Waals surface area contributed by atoms with Crippen LogP contribution >= 0.6 is 27.7 Å². The summed E-state index contributed by atoms with van der Waals surface area (Å²) in [6, 6.07) is 7.68. The number of hydrogen-bond donors (Lipinski definition) is 2. The van der Waals surface area contributed by atoms with Gasteiger partial charge in [-0.25, -0.2) is 4.98 Å². The van der Waals surface area contributed by atoms with Crippen molar-refractivity contribution in [2.45, 2.75) is 36.4 Å². The minimum Gasteiger partial charge on any atom is -0.316 e. The van der Waals surface area contributed by atoms with E-state index in [4.69, 9.17) is 0 Å². The van der Waals surface area contributed by atoms with Gasteiger partial charge in [-0.2, -0.15) is 0 Å². The predicted molar refractivity (Wildman–Crippen MR) is 89.9 cm³/mol. The molecule has 0 unspecified atom stereocenters. The van der Waals surface area contributed by atoms with Crippen molar-refractivity contribution in [3.8, 4) is 0 Å². The fourth-order valence-electron chi connectivity index (χ4n) is 2.00. The maximum Gasteiger partial charge on any atom is 0.251 e. The van der Waals surface area contributed by atoms with Crippen molar-refractivity contribution >= 4 is 27.7 Å². The molecule has 0 radical (unpaired) electrons. The topological polar surface area (TPSA) is 57.8 Å². The molecule has 6 heteroatoms. The Balaban J connectivity index is 2.31. The van der Waals surface area contributed by atoms with Crippen LogP contribution in [0.1, 0.15) is 24.6 Å². The molecule has 0 aliphatic heterocycles. The molecule has 1 aromatic heterocycles. The highest BCUT2D eigenvalue weighted by Crippen LogP contribution is 2.29. The first kappa shape index (κ1) is 16.3. The summed E-state index contributed by atoms with van der Waals surface area (Å²) in [5.41, 5.74) is 1.92. The summed E-state index contributed by atoms with van der Waals surface area (Å²) in [7, 11) is 1.91. The molecule has 0 bridgehead atoms. The Morgan fingerprint density at radius 1 is 1.38 bits per heavy atom. The van der Waals surface area contributed by atoms with Gasteiger partial charge in [-0.3, -0.25) is 4.79 Å². The van der Waals surface area contributed by atoms with Crippen molar-refractivity contribution in [2.24, 2.45) is 0 Å². The van der Waals surface area contributed by atoms with Gasteiger partial charge in [-0.15, -0.1) is 0 Å². The number of aromatic nitrogens is 2. The molecule has 0 aliphatic rings. The molecule has 2 rings (SSSR count). The normalized spacial score (nSPS) is 10.8. The first-order valence-electron chi connectivity index (χ1n) is 6.83. The van der Waals surface area contributed by atoms with Crippen LogP contribution < -0.4 is 10.9 Å². The van der Waals surface area contributed by atoms with E-state index in [-0.39, 0.29) is 5.56 Å². The van der Waals surface area contributed by atoms with Crippen molar-refractivity contribution < 1.29 is 0 Å². The van der Waals surface area contributed by atoms with Gasteiger partial charge in [0.05, 0.1) is 0 Å². The van der Waals surface area contributed by atoms with Crippen molar-refractivity contribution in [3.63, 3.8) is 0 Å². The van der Waals surface area contributed by atoms with E-state index in [1.54, 1.807) is 6.07 Å². The lowest BCUT2D eigenvalue weighted by molar-refractivity contribution is 0.798. The largest absolute Gasteiger partial charge is 0.316 e. The monoisotopic (exact) mass is 367 g/mol. The number of rotatable bonds is 6. The first-order chi connectivity index (χ1) is 10.1. The number of nitrogens with zero attached hydrogens (tertiary/aromatic N) is 1. The lowest BCUT2D eigenvalue weighted by atomic mass is 10.2. The number of nitrogens with one attached hydrogen (secondary N) is 2. The van der Waals surface area contributed by atoms with Crippen LogP contribution in [0.4, 0.5) is 0 Å². The van der Waals surface area contributed by atoms with Crippen LogP contribution in [0.3, 0.4) is 0 Å². The molecule has 112 valence electrons. The maximum absolute atomic E-state index is 11.7. The second kappa shape index (κ2) is 7.77. The molecular formula is C15H18BrN3OS. The smallest absolute Gasteiger partial charge is 0.251 e. The van der Waals surface area contributed by atoms with E-state index in [9.17, 15) is 4.79 Å². The van der Waals surface area contributed by atoms with E-state index in [0.29, 0.717) is 5.16 Å². The molecule has 0 fully saturated rings. The summed E-state index contributed by atoms with van der Waals surface area (Å²) in [5.74, 6) is 0. The molecule has 0 spiro atoms. The number of aromatic amines is 1. The zero-order valence-electron chi connectivity index (χ0n) is 12.1. The van der Waals surface area contributed by atoms with Gasteiger partial charge in [0.15, 0.2) is 5.16 Å². The predicted octanol–water partition coefficient (Wildman–Crippen LogP) is 3.36. The Labute approximate surface area is 136 Å². The highest BCUT2D eigenvalue weighted by atomic mass is 79.9. The highest BCUT2D eigenvalue weighted by molar-refractivity contribution is 9.10. The van der Waals surface area contributed by atoms with Gasteiger partial charge < -0.3 is 10.3 Å². The summed E-state index contributed by atoms with van der Waals surface area (Å²) in [4.78, 5) is 20.1. The fourth-order valence-corrected chi connectivity index (χ4v) is 3.33. The van der Waals surface area contributed by atoms with Gasteiger partial charge in [0.1, 0.15) is 0 Å². The maximum atomic E-state index is 11.7. The molecule has 0 aliphatic carbocycles. The third-order valence-electron chi connectivity index (χ3n) is 2.88. The Hall–Kier alpha value is -1.11. The molecule has 2 aromatic rings. The van der Waals surface area contributed by atoms with Crippen LogP contribution in [-0.2, 0) is 13.0 Å². The summed E-state index contributed by atoms with van der Waals surface area (Å²) in [6.45, 7) is 2.84. The molecule has 21 heavy (non-hydrogen) atoms. The minimum absolute atomic E-state index is 0.0942. The number of aryl methyl sites for hydroxylation is 1. The number of H-pyrrole nitrogens is 1. The third kappa shape index (κ3) is 4.69. The average molecular weight is 368 g/mol. The van der Waals surface area contributed by atoms with Crippen LogP contribution in [0.25, 0.3) is 0 Å². The quantitative estimate of drug-likeness (QED) is 0.768. The molecular weight excluding hydrogens is 350 g/mol. The van der Waals surface area contributed by atoms with E-state index >= 15 is 0 Å². The summed E-state index contributed by atoms with van der Waals surface area (Å²) in [5, 5.41) is 3.80. The van der Waals surface area contributed by atoms with E-state index in [2.05, 4.69) is 44.2 Å². The molecule has 4 nitrogen and oxygen atoms in total. The van der Waals surface area contributed by atoms with Crippen molar-refractivity contribution in [2.75, 3.05) is 7.05 Å². The fraction of sp³-hybridized carbons (Fsp3) is 0.333. The molecule has 2 N–H and O–H groups in total. The molecule has 1 heterocycles. The van der Waals surface area contributed by atoms with Crippen LogP contribution in [0.5, 0.6) is 0 Å². The van der Waals surface area contributed by atoms with Crippen LogP contribution in [-0.4, -0.2) is 17.0 Å². The Kier molecular flexibility index (Phi) is 6.02. The van der Waals surface area contributed by atoms with E-state index < -0.39 is 0 Å². The summed E-state index contributed by atoms with van der Waals surface area (Å²) in [6.07, 6.45) is 1.80. The Bertz CT molecular complexity index is 672. The first-order valence-corrected chi connectivity index (χ1v) is 8.44. The van der Waals surface area contributed by atoms with Crippen LogP contribution in [0, 0.1) is 0 Å². The van der Waals surface area contributed by atoms with Gasteiger partial charge in [-0.05, 0) is 37.2 Å². The summed E-state index contributed by atoms with van der Waals surface area (Å²) >= 11 is 4.97. The lowest BCUT2D eigenvalue weighted by Crippen LogP contribution is -2.10. The second-order valence-electron chi connectivity index (χ2n) is 4.68. The van der Waals surface area contributed by atoms with Crippen molar-refractivity contribution in [3.05, 3.63) is 50.3 Å². The number of hydrogen-bond acceptors (Lipinski definition) is 4. The number of halogens is 1. The van der Waals surface area contributed by atoms with Crippen LogP contribution in [0.15, 0.2) is 43.6 Å². The summed E-state index contributed by atoms with van der Waals surface area (Å²) < 4.78 is 1.04. The Morgan fingerprint density at radius 3 is 2.90 bits per heavy atom. The minimum atomic E-state index is -0.0942. The molecule has 0 amide bonds. The molecule has 0 saturated heterocycles. The van der Waals surface area contributed by atoms with Gasteiger partial charge in [0, 0.05) is 27.7 Å². The SMILES string of the molecule is CCCc1cc(=O)[nH]c(Sc2ccc(Br)cc2CNC)n1. The van der Waals surface area contributed by atoms with Gasteiger partial charge in [0.2, 0.25) is 0 Å². The lowest BCUT2D eigenvalue weighted by Gasteiger charge is -2.09. The van der Waals surface area contributed by atoms with Gasteiger partial charge in [0.25, 0.3) is 5.56 Å². The van der Waals surface area contributed by atoms with E-state index in [1.165, 1.54) is 17.3 Å². The van der Waals surface area contributed by atoms with Gasteiger partial charge in [-0.1, -0.05) is 41.0 Å². The third-order valence-corrected chi connectivity index (χ3v) is 4.37. The molecule has 1 aromatic carbocycles. The molecule has 0 saturated carbocycles. The second-order valence-corrected chi connectivity index (χ2v) is 6.62. The van der Waals surface area contributed by atoms with Crippen LogP contribution in [0.2, 0.25) is 0 Å².